The molecule has 0 saturated carbocycles. The van der Waals surface area contributed by atoms with Crippen LogP contribution in [0.3, 0.4) is 0 Å². The summed E-state index contributed by atoms with van der Waals surface area (Å²) >= 11 is 0. The molecule has 14 heavy (non-hydrogen) atoms. The van der Waals surface area contributed by atoms with Crippen LogP contribution in [0.1, 0.15) is 26.7 Å². The highest BCUT2D eigenvalue weighted by Gasteiger charge is 2.30. The smallest absolute Gasteiger partial charge is 0.0237 e. The quantitative estimate of drug-likeness (QED) is 0.685. The van der Waals surface area contributed by atoms with Gasteiger partial charge in [0.25, 0.3) is 0 Å². The van der Waals surface area contributed by atoms with Gasteiger partial charge in [0.1, 0.15) is 0 Å². The lowest BCUT2D eigenvalue weighted by Gasteiger charge is -2.45. The molecule has 1 aliphatic rings. The fourth-order valence-electron chi connectivity index (χ4n) is 2.15. The minimum Gasteiger partial charge on any atom is -0.330 e. The van der Waals surface area contributed by atoms with E-state index in [0.29, 0.717) is 6.04 Å². The molecule has 0 radical (unpaired) electrons. The number of likely N-dealkylation sites (tertiary alicyclic amines) is 1. The molecule has 1 rings (SSSR count). The molecule has 0 spiro atoms. The second kappa shape index (κ2) is 5.69. The van der Waals surface area contributed by atoms with E-state index >= 15 is 0 Å². The predicted octanol–water partition coefficient (Wildman–Crippen LogP) is 0.750. The maximum absolute atomic E-state index is 5.49. The zero-order valence-electron chi connectivity index (χ0n) is 9.87. The molecular formula is C11H25N3. The van der Waals surface area contributed by atoms with E-state index < -0.39 is 0 Å². The van der Waals surface area contributed by atoms with Gasteiger partial charge in [-0.05, 0) is 46.8 Å². The summed E-state index contributed by atoms with van der Waals surface area (Å²) in [7, 11) is 2.20. The lowest BCUT2D eigenvalue weighted by atomic mass is 10.0. The van der Waals surface area contributed by atoms with Gasteiger partial charge < -0.3 is 10.6 Å². The molecule has 84 valence electrons. The van der Waals surface area contributed by atoms with Crippen molar-refractivity contribution in [3.05, 3.63) is 0 Å². The number of likely N-dealkylation sites (N-methyl/N-ethyl adjacent to an activating group) is 1. The summed E-state index contributed by atoms with van der Waals surface area (Å²) in [6.07, 6.45) is 2.48. The van der Waals surface area contributed by atoms with Crippen molar-refractivity contribution >= 4 is 0 Å². The van der Waals surface area contributed by atoms with Crippen LogP contribution < -0.4 is 5.73 Å². The average Bonchev–Trinajstić information content (AvgIpc) is 2.08. The highest BCUT2D eigenvalue weighted by molar-refractivity contribution is 4.86. The molecule has 3 nitrogen and oxygen atoms in total. The first kappa shape index (κ1) is 12.0. The van der Waals surface area contributed by atoms with Crippen LogP contribution in [0.15, 0.2) is 0 Å². The minimum atomic E-state index is 0.705. The molecule has 1 heterocycles. The highest BCUT2D eigenvalue weighted by Crippen LogP contribution is 2.20. The maximum Gasteiger partial charge on any atom is 0.0237 e. The first-order valence-corrected chi connectivity index (χ1v) is 5.79. The Hall–Kier alpha value is -0.120. The van der Waals surface area contributed by atoms with E-state index in [2.05, 4.69) is 30.7 Å². The number of hydrogen-bond donors (Lipinski definition) is 1. The second-order valence-corrected chi connectivity index (χ2v) is 4.68. The van der Waals surface area contributed by atoms with Crippen LogP contribution >= 0.6 is 0 Å². The van der Waals surface area contributed by atoms with E-state index in [4.69, 9.17) is 5.73 Å². The molecule has 0 amide bonds. The summed E-state index contributed by atoms with van der Waals surface area (Å²) < 4.78 is 0. The Bertz CT molecular complexity index is 159. The molecule has 0 aromatic heterocycles. The van der Waals surface area contributed by atoms with Gasteiger partial charge in [0.15, 0.2) is 0 Å². The summed E-state index contributed by atoms with van der Waals surface area (Å²) in [5.41, 5.74) is 5.49. The molecule has 1 aliphatic heterocycles. The van der Waals surface area contributed by atoms with E-state index in [1.165, 1.54) is 19.5 Å². The van der Waals surface area contributed by atoms with Gasteiger partial charge in [-0.25, -0.2) is 0 Å². The molecule has 1 fully saturated rings. The van der Waals surface area contributed by atoms with Crippen LogP contribution in [0.25, 0.3) is 0 Å². The summed E-state index contributed by atoms with van der Waals surface area (Å²) in [4.78, 5) is 4.99. The first-order valence-electron chi connectivity index (χ1n) is 5.79. The van der Waals surface area contributed by atoms with Crippen LogP contribution in [0.5, 0.6) is 0 Å². The molecule has 3 heteroatoms. The first-order chi connectivity index (χ1) is 6.65. The number of rotatable bonds is 6. The molecule has 1 atom stereocenters. The number of nitrogens with two attached hydrogens (primary N) is 1. The largest absolute Gasteiger partial charge is 0.330 e. The van der Waals surface area contributed by atoms with E-state index in [1.807, 2.05) is 0 Å². The van der Waals surface area contributed by atoms with Crippen molar-refractivity contribution in [1.82, 2.24) is 9.80 Å². The van der Waals surface area contributed by atoms with Gasteiger partial charge in [-0.15, -0.1) is 0 Å². The van der Waals surface area contributed by atoms with Gasteiger partial charge in [-0.1, -0.05) is 0 Å². The lowest BCUT2D eigenvalue weighted by Crippen LogP contribution is -2.55. The molecule has 1 saturated heterocycles. The lowest BCUT2D eigenvalue weighted by molar-refractivity contribution is 0.0349. The van der Waals surface area contributed by atoms with Gasteiger partial charge in [0, 0.05) is 25.2 Å². The van der Waals surface area contributed by atoms with Crippen LogP contribution in [0.4, 0.5) is 0 Å². The number of nitrogens with zero attached hydrogens (tertiary/aromatic N) is 2. The molecule has 1 unspecified atom stereocenters. The Morgan fingerprint density at radius 1 is 1.50 bits per heavy atom. The molecule has 0 bridgehead atoms. The molecule has 0 aromatic rings. The highest BCUT2D eigenvalue weighted by atomic mass is 15.3. The topological polar surface area (TPSA) is 32.5 Å². The van der Waals surface area contributed by atoms with Gasteiger partial charge in [0.05, 0.1) is 0 Å². The standard InChI is InChI=1S/C11H25N3/c1-10(2)14-8-5-11(14)9-13(3)7-4-6-12/h10-11H,4-9,12H2,1-3H3. The van der Waals surface area contributed by atoms with E-state index in [9.17, 15) is 0 Å². The van der Waals surface area contributed by atoms with Gasteiger partial charge in [0.2, 0.25) is 0 Å². The number of hydrogen-bond acceptors (Lipinski definition) is 3. The van der Waals surface area contributed by atoms with Crippen LogP contribution in [0, 0.1) is 0 Å². The van der Waals surface area contributed by atoms with Crippen LogP contribution in [-0.2, 0) is 0 Å². The van der Waals surface area contributed by atoms with Crippen molar-refractivity contribution in [2.24, 2.45) is 5.73 Å². The maximum atomic E-state index is 5.49. The molecular weight excluding hydrogens is 174 g/mol. The summed E-state index contributed by atoms with van der Waals surface area (Å²) in [6, 6.07) is 1.49. The third kappa shape index (κ3) is 3.23. The Balaban J connectivity index is 2.17. The van der Waals surface area contributed by atoms with E-state index in [0.717, 1.165) is 25.6 Å². The van der Waals surface area contributed by atoms with E-state index in [-0.39, 0.29) is 0 Å². The summed E-state index contributed by atoms with van der Waals surface area (Å²) in [6.45, 7) is 9.01. The zero-order chi connectivity index (χ0) is 10.6. The Labute approximate surface area is 88.2 Å². The Kier molecular flexibility index (Phi) is 4.85. The van der Waals surface area contributed by atoms with Gasteiger partial charge in [-0.3, -0.25) is 4.90 Å². The molecule has 2 N–H and O–H groups in total. The zero-order valence-corrected chi connectivity index (χ0v) is 9.87. The van der Waals surface area contributed by atoms with Crippen molar-refractivity contribution in [3.63, 3.8) is 0 Å². The van der Waals surface area contributed by atoms with Crippen molar-refractivity contribution in [2.45, 2.75) is 38.8 Å². The van der Waals surface area contributed by atoms with Crippen molar-refractivity contribution in [2.75, 3.05) is 33.2 Å². The van der Waals surface area contributed by atoms with E-state index in [1.54, 1.807) is 0 Å². The van der Waals surface area contributed by atoms with Crippen molar-refractivity contribution in [3.8, 4) is 0 Å². The average molecular weight is 199 g/mol. The summed E-state index contributed by atoms with van der Waals surface area (Å²) in [5, 5.41) is 0. The van der Waals surface area contributed by atoms with Crippen LogP contribution in [-0.4, -0.2) is 55.1 Å². The molecule has 0 aliphatic carbocycles. The second-order valence-electron chi connectivity index (χ2n) is 4.68. The fraction of sp³-hybridized carbons (Fsp3) is 1.00. The third-order valence-electron chi connectivity index (χ3n) is 3.12. The Morgan fingerprint density at radius 2 is 2.21 bits per heavy atom. The summed E-state index contributed by atoms with van der Waals surface area (Å²) in [5.74, 6) is 0. The Morgan fingerprint density at radius 3 is 2.64 bits per heavy atom. The van der Waals surface area contributed by atoms with Crippen molar-refractivity contribution in [1.29, 1.82) is 0 Å². The SMILES string of the molecule is CC(C)N1CCC1CN(C)CCCN. The van der Waals surface area contributed by atoms with Gasteiger partial charge in [-0.2, -0.15) is 0 Å². The monoisotopic (exact) mass is 199 g/mol. The normalized spacial score (nSPS) is 23.1. The predicted molar refractivity (Wildman–Crippen MR) is 61.4 cm³/mol. The third-order valence-corrected chi connectivity index (χ3v) is 3.12. The minimum absolute atomic E-state index is 0.705. The van der Waals surface area contributed by atoms with Gasteiger partial charge >= 0.3 is 0 Å². The molecule has 0 aromatic carbocycles. The van der Waals surface area contributed by atoms with Crippen LogP contribution in [0.2, 0.25) is 0 Å². The fourth-order valence-corrected chi connectivity index (χ4v) is 2.15. The van der Waals surface area contributed by atoms with Crippen molar-refractivity contribution < 1.29 is 0 Å².